The molecule has 21 heavy (non-hydrogen) atoms. The van der Waals surface area contributed by atoms with E-state index < -0.39 is 0 Å². The van der Waals surface area contributed by atoms with Crippen molar-refractivity contribution in [1.29, 1.82) is 0 Å². The molecule has 0 spiro atoms. The van der Waals surface area contributed by atoms with Crippen molar-refractivity contribution in [2.24, 2.45) is 0 Å². The molecule has 1 unspecified atom stereocenters. The van der Waals surface area contributed by atoms with Crippen LogP contribution in [0.1, 0.15) is 54.6 Å². The molecule has 4 heteroatoms. The van der Waals surface area contributed by atoms with Gasteiger partial charge in [0.25, 0.3) is 5.56 Å². The Bertz CT molecular complexity index is 717. The summed E-state index contributed by atoms with van der Waals surface area (Å²) in [6.45, 7) is 0.552. The number of hydrogen-bond acceptors (Lipinski definition) is 3. The van der Waals surface area contributed by atoms with Crippen LogP contribution in [0.5, 0.6) is 5.75 Å². The van der Waals surface area contributed by atoms with Gasteiger partial charge < -0.3 is 9.72 Å². The normalized spacial score (nSPS) is 21.2. The van der Waals surface area contributed by atoms with Gasteiger partial charge in [0, 0.05) is 17.5 Å². The summed E-state index contributed by atoms with van der Waals surface area (Å²) in [6, 6.07) is 9.65. The number of rotatable bonds is 2. The molecular weight excluding hydrogens is 264 g/mol. The van der Waals surface area contributed by atoms with Crippen molar-refractivity contribution in [3.05, 3.63) is 57.8 Å². The van der Waals surface area contributed by atoms with Crippen LogP contribution in [-0.2, 0) is 0 Å². The van der Waals surface area contributed by atoms with Gasteiger partial charge in [0.2, 0.25) is 0 Å². The summed E-state index contributed by atoms with van der Waals surface area (Å²) in [4.78, 5) is 19.7. The summed E-state index contributed by atoms with van der Waals surface area (Å²) in [5.41, 5.74) is 2.02. The lowest BCUT2D eigenvalue weighted by atomic mass is 9.99. The van der Waals surface area contributed by atoms with Crippen LogP contribution in [0.2, 0.25) is 0 Å². The first-order valence-electron chi connectivity index (χ1n) is 7.64. The molecule has 1 fully saturated rings. The lowest BCUT2D eigenvalue weighted by Crippen LogP contribution is -2.18. The SMILES string of the molecule is O=c1cc(C2CCCC2)nc(C2COc3ccccc32)[nH]1. The van der Waals surface area contributed by atoms with Crippen molar-refractivity contribution in [3.63, 3.8) is 0 Å². The van der Waals surface area contributed by atoms with Gasteiger partial charge in [-0.05, 0) is 18.9 Å². The van der Waals surface area contributed by atoms with Crippen LogP contribution < -0.4 is 10.3 Å². The van der Waals surface area contributed by atoms with E-state index in [2.05, 4.69) is 11.1 Å². The molecule has 1 aliphatic heterocycles. The number of ether oxygens (including phenoxy) is 1. The average Bonchev–Trinajstić information content (AvgIpc) is 3.16. The van der Waals surface area contributed by atoms with E-state index in [0.717, 1.165) is 35.7 Å². The van der Waals surface area contributed by atoms with Gasteiger partial charge >= 0.3 is 0 Å². The van der Waals surface area contributed by atoms with E-state index in [0.29, 0.717) is 12.5 Å². The molecule has 0 radical (unpaired) electrons. The zero-order valence-corrected chi connectivity index (χ0v) is 11.8. The molecule has 0 amide bonds. The summed E-state index contributed by atoms with van der Waals surface area (Å²) in [5.74, 6) is 2.13. The maximum atomic E-state index is 12.0. The van der Waals surface area contributed by atoms with Crippen molar-refractivity contribution in [2.45, 2.75) is 37.5 Å². The maximum Gasteiger partial charge on any atom is 0.251 e. The second-order valence-corrected chi connectivity index (χ2v) is 5.94. The first-order chi connectivity index (χ1) is 10.3. The molecule has 1 aromatic heterocycles. The number of para-hydroxylation sites is 1. The Hall–Kier alpha value is -2.10. The molecule has 108 valence electrons. The van der Waals surface area contributed by atoms with Crippen LogP contribution in [0.25, 0.3) is 0 Å². The molecule has 1 atom stereocenters. The number of H-pyrrole nitrogens is 1. The smallest absolute Gasteiger partial charge is 0.251 e. The third-order valence-corrected chi connectivity index (χ3v) is 4.58. The van der Waals surface area contributed by atoms with Crippen molar-refractivity contribution < 1.29 is 4.74 Å². The summed E-state index contributed by atoms with van der Waals surface area (Å²) >= 11 is 0. The molecule has 4 nitrogen and oxygen atoms in total. The summed E-state index contributed by atoms with van der Waals surface area (Å²) in [6.07, 6.45) is 4.77. The molecule has 1 N–H and O–H groups in total. The highest BCUT2D eigenvalue weighted by atomic mass is 16.5. The lowest BCUT2D eigenvalue weighted by Gasteiger charge is -2.13. The quantitative estimate of drug-likeness (QED) is 0.921. The monoisotopic (exact) mass is 282 g/mol. The highest BCUT2D eigenvalue weighted by Crippen LogP contribution is 2.37. The molecule has 2 heterocycles. The molecule has 1 saturated carbocycles. The molecule has 2 aliphatic rings. The van der Waals surface area contributed by atoms with Crippen molar-refractivity contribution in [3.8, 4) is 5.75 Å². The van der Waals surface area contributed by atoms with Crippen LogP contribution in [0.4, 0.5) is 0 Å². The molecule has 2 aromatic rings. The number of hydrogen-bond donors (Lipinski definition) is 1. The molecular formula is C17H18N2O2. The molecule has 0 saturated heterocycles. The van der Waals surface area contributed by atoms with E-state index in [-0.39, 0.29) is 11.5 Å². The number of nitrogens with zero attached hydrogens (tertiary/aromatic N) is 1. The fourth-order valence-corrected chi connectivity index (χ4v) is 3.48. The van der Waals surface area contributed by atoms with Crippen LogP contribution >= 0.6 is 0 Å². The van der Waals surface area contributed by atoms with Crippen molar-refractivity contribution >= 4 is 0 Å². The van der Waals surface area contributed by atoms with Crippen LogP contribution in [0.3, 0.4) is 0 Å². The lowest BCUT2D eigenvalue weighted by molar-refractivity contribution is 0.339. The van der Waals surface area contributed by atoms with Crippen LogP contribution in [-0.4, -0.2) is 16.6 Å². The second kappa shape index (κ2) is 5.02. The van der Waals surface area contributed by atoms with E-state index >= 15 is 0 Å². The third-order valence-electron chi connectivity index (χ3n) is 4.58. The van der Waals surface area contributed by atoms with Gasteiger partial charge in [-0.15, -0.1) is 0 Å². The summed E-state index contributed by atoms with van der Waals surface area (Å²) < 4.78 is 5.71. The second-order valence-electron chi connectivity index (χ2n) is 5.94. The first-order valence-corrected chi connectivity index (χ1v) is 7.64. The van der Waals surface area contributed by atoms with Gasteiger partial charge in [-0.1, -0.05) is 31.0 Å². The number of nitrogens with one attached hydrogen (secondary N) is 1. The minimum absolute atomic E-state index is 0.0373. The zero-order valence-electron chi connectivity index (χ0n) is 11.8. The Labute approximate surface area is 123 Å². The predicted octanol–water partition coefficient (Wildman–Crippen LogP) is 2.95. The Balaban J connectivity index is 1.74. The fraction of sp³-hybridized carbons (Fsp3) is 0.412. The molecule has 4 rings (SSSR count). The maximum absolute atomic E-state index is 12.0. The van der Waals surface area contributed by atoms with Gasteiger partial charge in [-0.3, -0.25) is 4.79 Å². The minimum Gasteiger partial charge on any atom is -0.492 e. The summed E-state index contributed by atoms with van der Waals surface area (Å²) in [5, 5.41) is 0. The zero-order chi connectivity index (χ0) is 14.2. The number of benzene rings is 1. The highest BCUT2D eigenvalue weighted by molar-refractivity contribution is 5.42. The highest BCUT2D eigenvalue weighted by Gasteiger charge is 2.28. The van der Waals surface area contributed by atoms with Gasteiger partial charge in [0.15, 0.2) is 0 Å². The summed E-state index contributed by atoms with van der Waals surface area (Å²) in [7, 11) is 0. The number of aromatic nitrogens is 2. The molecule has 1 aliphatic carbocycles. The Morgan fingerprint density at radius 1 is 1.19 bits per heavy atom. The van der Waals surface area contributed by atoms with E-state index in [1.54, 1.807) is 6.07 Å². The Kier molecular flexibility index (Phi) is 3.02. The standard InChI is InChI=1S/C17H18N2O2/c20-16-9-14(11-5-1-2-6-11)18-17(19-16)13-10-21-15-8-4-3-7-12(13)15/h3-4,7-9,11,13H,1-2,5-6,10H2,(H,18,19,20). The average molecular weight is 282 g/mol. The Morgan fingerprint density at radius 3 is 2.86 bits per heavy atom. The Morgan fingerprint density at radius 2 is 2.00 bits per heavy atom. The van der Waals surface area contributed by atoms with Gasteiger partial charge in [0.05, 0.1) is 11.6 Å². The van der Waals surface area contributed by atoms with E-state index in [1.165, 1.54) is 12.8 Å². The van der Waals surface area contributed by atoms with E-state index in [1.807, 2.05) is 18.2 Å². The third kappa shape index (κ3) is 2.24. The first kappa shape index (κ1) is 12.6. The van der Waals surface area contributed by atoms with E-state index in [4.69, 9.17) is 9.72 Å². The van der Waals surface area contributed by atoms with Crippen molar-refractivity contribution in [1.82, 2.24) is 9.97 Å². The molecule has 0 bridgehead atoms. The van der Waals surface area contributed by atoms with Gasteiger partial charge in [-0.2, -0.15) is 0 Å². The largest absolute Gasteiger partial charge is 0.492 e. The predicted molar refractivity (Wildman–Crippen MR) is 79.8 cm³/mol. The van der Waals surface area contributed by atoms with Gasteiger partial charge in [0.1, 0.15) is 18.2 Å². The fourth-order valence-electron chi connectivity index (χ4n) is 3.48. The topological polar surface area (TPSA) is 55.0 Å². The molecule has 1 aromatic carbocycles. The van der Waals surface area contributed by atoms with E-state index in [9.17, 15) is 4.79 Å². The minimum atomic E-state index is -0.0497. The number of aromatic amines is 1. The number of fused-ring (bicyclic) bond motifs is 1. The van der Waals surface area contributed by atoms with Crippen LogP contribution in [0, 0.1) is 0 Å². The van der Waals surface area contributed by atoms with Crippen LogP contribution in [0.15, 0.2) is 35.1 Å². The van der Waals surface area contributed by atoms with Gasteiger partial charge in [-0.25, -0.2) is 4.98 Å². The van der Waals surface area contributed by atoms with Crippen molar-refractivity contribution in [2.75, 3.05) is 6.61 Å².